The second kappa shape index (κ2) is 15.8. The summed E-state index contributed by atoms with van der Waals surface area (Å²) >= 11 is 0. The Morgan fingerprint density at radius 3 is 2.07 bits per heavy atom. The zero-order chi connectivity index (χ0) is 21.4. The van der Waals surface area contributed by atoms with Gasteiger partial charge in [0.05, 0.1) is 5.41 Å². The highest BCUT2D eigenvalue weighted by atomic mass is 16.6. The lowest BCUT2D eigenvalue weighted by Crippen LogP contribution is -2.30. The largest absolute Gasteiger partial charge is 0.461 e. The molecule has 0 aromatic rings. The Bertz CT molecular complexity index is 421. The van der Waals surface area contributed by atoms with Gasteiger partial charge in [0.2, 0.25) is 0 Å². The summed E-state index contributed by atoms with van der Waals surface area (Å²) in [6.45, 7) is 8.86. The van der Waals surface area contributed by atoms with Crippen molar-refractivity contribution in [2.45, 2.75) is 104 Å². The third-order valence-corrected chi connectivity index (χ3v) is 4.98. The molecule has 0 heterocycles. The zero-order valence-electron chi connectivity index (χ0n) is 19.3. The van der Waals surface area contributed by atoms with Gasteiger partial charge in [0.1, 0.15) is 12.7 Å². The van der Waals surface area contributed by atoms with Crippen LogP contribution in [-0.4, -0.2) is 50.2 Å². The summed E-state index contributed by atoms with van der Waals surface area (Å²) < 4.78 is 10.7. The molecule has 0 aliphatic heterocycles. The molecule has 0 amide bonds. The molecule has 166 valence electrons. The molecule has 0 bridgehead atoms. The fourth-order valence-electron chi connectivity index (χ4n) is 3.05. The van der Waals surface area contributed by atoms with Crippen LogP contribution in [0.1, 0.15) is 98.3 Å². The van der Waals surface area contributed by atoms with Crippen molar-refractivity contribution in [3.05, 3.63) is 0 Å². The van der Waals surface area contributed by atoms with Crippen LogP contribution in [0.4, 0.5) is 0 Å². The lowest BCUT2D eigenvalue weighted by atomic mass is 9.87. The van der Waals surface area contributed by atoms with Crippen molar-refractivity contribution in [3.8, 4) is 0 Å². The van der Waals surface area contributed by atoms with Crippen LogP contribution >= 0.6 is 0 Å². The number of rotatable bonds is 17. The third-order valence-electron chi connectivity index (χ3n) is 4.98. The van der Waals surface area contributed by atoms with Gasteiger partial charge in [-0.15, -0.1) is 0 Å². The average Bonchev–Trinajstić information content (AvgIpc) is 2.61. The Morgan fingerprint density at radius 2 is 1.50 bits per heavy atom. The monoisotopic (exact) mass is 399 g/mol. The van der Waals surface area contributed by atoms with Crippen molar-refractivity contribution in [3.63, 3.8) is 0 Å². The molecule has 1 unspecified atom stereocenters. The molecule has 0 rings (SSSR count). The Kier molecular flexibility index (Phi) is 15.2. The maximum absolute atomic E-state index is 12.4. The molecule has 0 saturated heterocycles. The van der Waals surface area contributed by atoms with E-state index >= 15 is 0 Å². The van der Waals surface area contributed by atoms with Crippen LogP contribution in [0.5, 0.6) is 0 Å². The molecule has 1 atom stereocenters. The van der Waals surface area contributed by atoms with E-state index in [1.54, 1.807) is 6.92 Å². The van der Waals surface area contributed by atoms with Crippen molar-refractivity contribution in [2.24, 2.45) is 5.41 Å². The van der Waals surface area contributed by atoms with E-state index < -0.39 is 11.5 Å². The molecule has 28 heavy (non-hydrogen) atoms. The molecule has 0 N–H and O–H groups in total. The molecule has 0 radical (unpaired) electrons. The summed E-state index contributed by atoms with van der Waals surface area (Å²) in [5, 5.41) is 0. The molecule has 0 spiro atoms. The SMILES string of the molecule is CCCCCCCCCCC(C)(C)C(=O)OCC(C)OC(=O)CCCN(C)C. The van der Waals surface area contributed by atoms with Crippen molar-refractivity contribution in [1.82, 2.24) is 4.90 Å². The Labute approximate surface area is 173 Å². The normalized spacial score (nSPS) is 12.8. The highest BCUT2D eigenvalue weighted by Crippen LogP contribution is 2.26. The van der Waals surface area contributed by atoms with Crippen LogP contribution in [0.2, 0.25) is 0 Å². The predicted octanol–water partition coefficient (Wildman–Crippen LogP) is 5.36. The number of hydrogen-bond donors (Lipinski definition) is 0. The fourth-order valence-corrected chi connectivity index (χ4v) is 3.05. The second-order valence-corrected chi connectivity index (χ2v) is 8.91. The number of unbranched alkanes of at least 4 members (excludes halogenated alkanes) is 7. The van der Waals surface area contributed by atoms with Crippen LogP contribution in [0.3, 0.4) is 0 Å². The van der Waals surface area contributed by atoms with Gasteiger partial charge in [-0.05, 0) is 54.3 Å². The van der Waals surface area contributed by atoms with Crippen LogP contribution < -0.4 is 0 Å². The van der Waals surface area contributed by atoms with Crippen molar-refractivity contribution < 1.29 is 19.1 Å². The fraction of sp³-hybridized carbons (Fsp3) is 0.913. The van der Waals surface area contributed by atoms with E-state index in [1.165, 1.54) is 44.9 Å². The average molecular weight is 400 g/mol. The quantitative estimate of drug-likeness (QED) is 0.243. The molecule has 5 heteroatoms. The Morgan fingerprint density at radius 1 is 0.929 bits per heavy atom. The number of hydrogen-bond acceptors (Lipinski definition) is 5. The van der Waals surface area contributed by atoms with E-state index in [4.69, 9.17) is 9.47 Å². The standard InChI is InChI=1S/C23H45NO4/c1-7-8-9-10-11-12-13-14-17-23(3,4)22(26)27-19-20(2)28-21(25)16-15-18-24(5)6/h20H,7-19H2,1-6H3. The molecular formula is C23H45NO4. The van der Waals surface area contributed by atoms with Gasteiger partial charge < -0.3 is 14.4 Å². The summed E-state index contributed by atoms with van der Waals surface area (Å²) in [6.07, 6.45) is 11.6. The summed E-state index contributed by atoms with van der Waals surface area (Å²) in [7, 11) is 3.95. The van der Waals surface area contributed by atoms with Crippen molar-refractivity contribution in [2.75, 3.05) is 27.2 Å². The lowest BCUT2D eigenvalue weighted by molar-refractivity contribution is -0.164. The molecule has 5 nitrogen and oxygen atoms in total. The van der Waals surface area contributed by atoms with E-state index in [0.717, 1.165) is 25.8 Å². The van der Waals surface area contributed by atoms with Gasteiger partial charge in [0.25, 0.3) is 0 Å². The molecule has 0 fully saturated rings. The van der Waals surface area contributed by atoms with Gasteiger partial charge in [-0.2, -0.15) is 0 Å². The first-order valence-electron chi connectivity index (χ1n) is 11.2. The maximum Gasteiger partial charge on any atom is 0.311 e. The predicted molar refractivity (Wildman–Crippen MR) is 115 cm³/mol. The van der Waals surface area contributed by atoms with Crippen molar-refractivity contribution >= 4 is 11.9 Å². The first-order valence-corrected chi connectivity index (χ1v) is 11.2. The summed E-state index contributed by atoms with van der Waals surface area (Å²) in [5.41, 5.74) is -0.488. The van der Waals surface area contributed by atoms with Gasteiger partial charge in [-0.3, -0.25) is 9.59 Å². The maximum atomic E-state index is 12.4. The third kappa shape index (κ3) is 14.9. The molecule has 0 saturated carbocycles. The van der Waals surface area contributed by atoms with Gasteiger partial charge in [0, 0.05) is 6.42 Å². The van der Waals surface area contributed by atoms with E-state index in [1.807, 2.05) is 32.8 Å². The Balaban J connectivity index is 3.90. The van der Waals surface area contributed by atoms with Crippen LogP contribution in [-0.2, 0) is 19.1 Å². The number of esters is 2. The van der Waals surface area contributed by atoms with E-state index in [9.17, 15) is 9.59 Å². The minimum atomic E-state index is -0.488. The summed E-state index contributed by atoms with van der Waals surface area (Å²) in [4.78, 5) is 26.2. The number of ether oxygens (including phenoxy) is 2. The molecule has 0 aromatic carbocycles. The number of carbonyl (C=O) groups is 2. The van der Waals surface area contributed by atoms with Crippen molar-refractivity contribution in [1.29, 1.82) is 0 Å². The minimum absolute atomic E-state index is 0.124. The summed E-state index contributed by atoms with van der Waals surface area (Å²) in [6, 6.07) is 0. The smallest absolute Gasteiger partial charge is 0.311 e. The first-order chi connectivity index (χ1) is 13.2. The zero-order valence-corrected chi connectivity index (χ0v) is 19.3. The van der Waals surface area contributed by atoms with Gasteiger partial charge in [-0.1, -0.05) is 58.3 Å². The van der Waals surface area contributed by atoms with Crippen LogP contribution in [0.25, 0.3) is 0 Å². The second-order valence-electron chi connectivity index (χ2n) is 8.91. The highest BCUT2D eigenvalue weighted by molar-refractivity contribution is 5.75. The van der Waals surface area contributed by atoms with Gasteiger partial charge >= 0.3 is 11.9 Å². The van der Waals surface area contributed by atoms with Gasteiger partial charge in [-0.25, -0.2) is 0 Å². The number of carbonyl (C=O) groups excluding carboxylic acids is 2. The molecular weight excluding hydrogens is 354 g/mol. The van der Waals surface area contributed by atoms with E-state index in [2.05, 4.69) is 6.92 Å². The summed E-state index contributed by atoms with van der Waals surface area (Å²) in [5.74, 6) is -0.436. The topological polar surface area (TPSA) is 55.8 Å². The Hall–Kier alpha value is -1.10. The lowest BCUT2D eigenvalue weighted by Gasteiger charge is -2.23. The first kappa shape index (κ1) is 26.9. The van der Waals surface area contributed by atoms with E-state index in [-0.39, 0.29) is 18.5 Å². The minimum Gasteiger partial charge on any atom is -0.461 e. The van der Waals surface area contributed by atoms with Crippen LogP contribution in [0.15, 0.2) is 0 Å². The van der Waals surface area contributed by atoms with Gasteiger partial charge in [0.15, 0.2) is 0 Å². The molecule has 0 aromatic heterocycles. The highest BCUT2D eigenvalue weighted by Gasteiger charge is 2.29. The molecule has 0 aliphatic carbocycles. The van der Waals surface area contributed by atoms with Crippen LogP contribution in [0, 0.1) is 5.41 Å². The van der Waals surface area contributed by atoms with E-state index in [0.29, 0.717) is 6.42 Å². The number of nitrogens with zero attached hydrogens (tertiary/aromatic N) is 1. The molecule has 0 aliphatic rings.